The maximum absolute atomic E-state index is 14.3. The van der Waals surface area contributed by atoms with Gasteiger partial charge in [0.1, 0.15) is 6.04 Å². The summed E-state index contributed by atoms with van der Waals surface area (Å²) in [5, 5.41) is 11.1. The zero-order chi connectivity index (χ0) is 49.9. The van der Waals surface area contributed by atoms with E-state index in [9.17, 15) is 38.4 Å². The smallest absolute Gasteiger partial charge is 0.240 e. The normalized spacial score (nSPS) is 14.3. The van der Waals surface area contributed by atoms with E-state index in [4.69, 9.17) is 28.7 Å². The fourth-order valence-corrected chi connectivity index (χ4v) is 7.72. The van der Waals surface area contributed by atoms with Crippen LogP contribution in [0.2, 0.25) is 0 Å². The van der Waals surface area contributed by atoms with Crippen molar-refractivity contribution in [2.75, 3.05) is 19.6 Å². The van der Waals surface area contributed by atoms with Gasteiger partial charge in [-0.1, -0.05) is 51.1 Å². The number of nitrogens with zero attached hydrogens (tertiary/aromatic N) is 2. The van der Waals surface area contributed by atoms with Crippen LogP contribution in [0.4, 0.5) is 0 Å². The lowest BCUT2D eigenvalue weighted by molar-refractivity contribution is -0.136. The molecule has 67 heavy (non-hydrogen) atoms. The Hall–Kier alpha value is -6.02. The number of ketones is 3. The highest BCUT2D eigenvalue weighted by molar-refractivity contribution is 5.97. The van der Waals surface area contributed by atoms with E-state index in [2.05, 4.69) is 36.2 Å². The summed E-state index contributed by atoms with van der Waals surface area (Å²) < 4.78 is 0. The Morgan fingerprint density at radius 3 is 1.72 bits per heavy atom. The van der Waals surface area contributed by atoms with Crippen molar-refractivity contribution in [3.05, 3.63) is 54.1 Å². The van der Waals surface area contributed by atoms with Gasteiger partial charge in [-0.15, -0.1) is 0 Å². The maximum atomic E-state index is 14.3. The van der Waals surface area contributed by atoms with E-state index < -0.39 is 83.0 Å². The Bertz CT molecular complexity index is 1910. The number of primary amides is 1. The van der Waals surface area contributed by atoms with Gasteiger partial charge in [0.25, 0.3) is 0 Å². The van der Waals surface area contributed by atoms with Crippen molar-refractivity contribution in [1.29, 1.82) is 0 Å². The van der Waals surface area contributed by atoms with Crippen molar-refractivity contribution in [3.63, 3.8) is 0 Å². The average Bonchev–Trinajstić information content (AvgIpc) is 3.79. The Morgan fingerprint density at radius 1 is 0.642 bits per heavy atom. The minimum Gasteiger partial charge on any atom is -0.370 e. The first-order chi connectivity index (χ1) is 31.8. The number of nitrogens with two attached hydrogens (primary N) is 5. The van der Waals surface area contributed by atoms with Gasteiger partial charge in [-0.2, -0.15) is 0 Å². The van der Waals surface area contributed by atoms with Crippen molar-refractivity contribution < 1.29 is 38.4 Å². The molecule has 1 aromatic heterocycles. The molecule has 0 aliphatic rings. The maximum Gasteiger partial charge on any atom is 0.240 e. The fraction of sp³-hybridized carbons (Fsp3) is 0.617. The zero-order valence-electron chi connectivity index (χ0n) is 39.7. The summed E-state index contributed by atoms with van der Waals surface area (Å²) in [5.41, 5.74) is 29.7. The molecule has 0 fully saturated rings. The van der Waals surface area contributed by atoms with Crippen LogP contribution in [0.1, 0.15) is 116 Å². The minimum absolute atomic E-state index is 0.00960. The summed E-state index contributed by atoms with van der Waals surface area (Å²) in [4.78, 5) is 119. The van der Waals surface area contributed by atoms with E-state index in [0.29, 0.717) is 57.3 Å². The number of aliphatic imine (C=N–C) groups is 1. The number of imidazole rings is 1. The van der Waals surface area contributed by atoms with Crippen LogP contribution in [-0.4, -0.2) is 107 Å². The lowest BCUT2D eigenvalue weighted by Crippen LogP contribution is -2.49. The highest BCUT2D eigenvalue weighted by atomic mass is 16.2. The van der Waals surface area contributed by atoms with E-state index in [1.807, 2.05) is 19.9 Å². The number of H-pyrrole nitrogens is 1. The molecule has 0 spiro atoms. The van der Waals surface area contributed by atoms with Gasteiger partial charge in [-0.05, 0) is 82.4 Å². The molecule has 1 heterocycles. The van der Waals surface area contributed by atoms with E-state index in [1.165, 1.54) is 13.3 Å². The van der Waals surface area contributed by atoms with Crippen molar-refractivity contribution >= 4 is 52.8 Å². The monoisotopic (exact) mass is 937 g/mol. The number of Topliss-reactive ketones (excluding diaryl/α,β-unsaturated/α-hetero) is 3. The van der Waals surface area contributed by atoms with Crippen LogP contribution in [-0.2, 0) is 51.2 Å². The molecule has 0 saturated carbocycles. The van der Waals surface area contributed by atoms with Gasteiger partial charge in [0.2, 0.25) is 29.5 Å². The van der Waals surface area contributed by atoms with Gasteiger partial charge in [0, 0.05) is 75.2 Å². The molecule has 7 unspecified atom stereocenters. The first kappa shape index (κ1) is 57.1. The molecule has 7 atom stereocenters. The summed E-state index contributed by atoms with van der Waals surface area (Å²) in [6.45, 7) is 7.50. The summed E-state index contributed by atoms with van der Waals surface area (Å²) in [6.07, 6.45) is 5.76. The average molecular weight is 937 g/mol. The summed E-state index contributed by atoms with van der Waals surface area (Å²) in [7, 11) is 0. The largest absolute Gasteiger partial charge is 0.370 e. The first-order valence-corrected chi connectivity index (χ1v) is 23.4. The number of hydrogen-bond donors (Lipinski definition) is 10. The minimum atomic E-state index is -1.04. The van der Waals surface area contributed by atoms with Crippen LogP contribution < -0.4 is 49.9 Å². The molecule has 5 amide bonds. The van der Waals surface area contributed by atoms with Crippen molar-refractivity contribution in [2.45, 2.75) is 142 Å². The van der Waals surface area contributed by atoms with Crippen LogP contribution in [0, 0.1) is 23.7 Å². The summed E-state index contributed by atoms with van der Waals surface area (Å²) in [5.74, 6) is -6.92. The molecule has 2 rings (SSSR count). The third-order valence-electron chi connectivity index (χ3n) is 11.3. The van der Waals surface area contributed by atoms with Gasteiger partial charge in [-0.25, -0.2) is 4.98 Å². The molecule has 20 heteroatoms. The summed E-state index contributed by atoms with van der Waals surface area (Å²) in [6, 6.07) is 5.00. The highest BCUT2D eigenvalue weighted by Crippen LogP contribution is 2.22. The highest BCUT2D eigenvalue weighted by Gasteiger charge is 2.34. The zero-order valence-corrected chi connectivity index (χ0v) is 39.7. The Kier molecular flexibility index (Phi) is 26.5. The molecular weight excluding hydrogens is 861 g/mol. The molecular formula is C47H76N12O8. The van der Waals surface area contributed by atoms with Gasteiger partial charge < -0.3 is 54.9 Å². The number of carbonyl (C=O) groups excluding carboxylic acids is 8. The van der Waals surface area contributed by atoms with Gasteiger partial charge in [0.05, 0.1) is 24.5 Å². The topological polar surface area (TPSA) is 356 Å². The first-order valence-electron chi connectivity index (χ1n) is 23.4. The number of hydrogen-bond acceptors (Lipinski definition) is 12. The van der Waals surface area contributed by atoms with Gasteiger partial charge in [-0.3, -0.25) is 43.3 Å². The molecule has 2 aromatic rings. The van der Waals surface area contributed by atoms with Crippen LogP contribution in [0.25, 0.3) is 0 Å². The van der Waals surface area contributed by atoms with Gasteiger partial charge >= 0.3 is 0 Å². The number of benzene rings is 1. The van der Waals surface area contributed by atoms with Crippen LogP contribution in [0.3, 0.4) is 0 Å². The quantitative estimate of drug-likeness (QED) is 0.0259. The van der Waals surface area contributed by atoms with Gasteiger partial charge in [0.15, 0.2) is 23.3 Å². The number of carbonyl (C=O) groups is 8. The third-order valence-corrected chi connectivity index (χ3v) is 11.3. The van der Waals surface area contributed by atoms with Crippen LogP contribution in [0.15, 0.2) is 47.8 Å². The predicted octanol–water partition coefficient (Wildman–Crippen LogP) is 0.743. The van der Waals surface area contributed by atoms with E-state index in [0.717, 1.165) is 5.56 Å². The fourth-order valence-electron chi connectivity index (χ4n) is 7.72. The second kappa shape index (κ2) is 31.0. The second-order valence-corrected chi connectivity index (χ2v) is 17.8. The molecule has 1 aromatic carbocycles. The third kappa shape index (κ3) is 22.8. The molecule has 0 aliphatic carbocycles. The van der Waals surface area contributed by atoms with Crippen LogP contribution >= 0.6 is 0 Å². The number of aromatic amines is 1. The molecule has 15 N–H and O–H groups in total. The molecule has 372 valence electrons. The number of aromatic nitrogens is 2. The molecule has 0 aliphatic heterocycles. The molecule has 0 radical (unpaired) electrons. The van der Waals surface area contributed by atoms with E-state index in [1.54, 1.807) is 37.4 Å². The van der Waals surface area contributed by atoms with Crippen LogP contribution in [0.5, 0.6) is 0 Å². The van der Waals surface area contributed by atoms with Crippen molar-refractivity contribution in [2.24, 2.45) is 57.3 Å². The second-order valence-electron chi connectivity index (χ2n) is 17.8. The van der Waals surface area contributed by atoms with E-state index in [-0.39, 0.29) is 75.6 Å². The summed E-state index contributed by atoms with van der Waals surface area (Å²) >= 11 is 0. The standard InChI is InChI=1S/C47H76N12O8/c1-29(2)21-34(25-42(63)38(56-31(4)60)26-35-27-53-28-55-35)46(67)58-37(17-9-11-19-49)41(62)24-33(15-12-20-54-47(51)52)45(66)57-36(16-8-10-18-48)40(61)22-30(3)44(65)59-39(43(50)64)23-32-13-6-5-7-14-32/h5-7,13-14,27-30,33-34,36-39H,8-12,15-26,48-49H2,1-4H3,(H2,50,64)(H,53,55)(H,56,60)(H,57,66)(H,58,67)(H,59,65)(H4,51,52,54). The SMILES string of the molecule is CC(=O)NC(Cc1cnc[nH]1)C(=O)CC(CC(C)C)C(=O)NC(CCCCN)C(=O)CC(CCCN=C(N)N)C(=O)NC(CCCCN)C(=O)CC(C)C(=O)NC(Cc1ccccc1)C(N)=O. The number of nitrogens with one attached hydrogen (secondary N) is 5. The molecule has 0 bridgehead atoms. The molecule has 0 saturated heterocycles. The predicted molar refractivity (Wildman–Crippen MR) is 255 cm³/mol. The lowest BCUT2D eigenvalue weighted by Gasteiger charge is -2.26. The Labute approximate surface area is 394 Å². The number of unbranched alkanes of at least 4 members (excludes halogenated alkanes) is 2. The van der Waals surface area contributed by atoms with Crippen molar-refractivity contribution in [3.8, 4) is 0 Å². The molecule has 20 nitrogen and oxygen atoms in total. The number of rotatable bonds is 35. The Balaban J connectivity index is 2.35. The lowest BCUT2D eigenvalue weighted by atomic mass is 9.87. The number of amides is 5. The Morgan fingerprint density at radius 2 is 1.19 bits per heavy atom. The van der Waals surface area contributed by atoms with Crippen molar-refractivity contribution in [1.82, 2.24) is 31.2 Å². The van der Waals surface area contributed by atoms with E-state index >= 15 is 0 Å². The number of guanidine groups is 1.